The molecule has 0 saturated heterocycles. The van der Waals surface area contributed by atoms with E-state index < -0.39 is 11.3 Å². The fourth-order valence-corrected chi connectivity index (χ4v) is 2.85. The van der Waals surface area contributed by atoms with Crippen LogP contribution in [0.4, 0.5) is 5.69 Å². The number of rotatable bonds is 5. The van der Waals surface area contributed by atoms with Crippen molar-refractivity contribution in [2.24, 2.45) is 0 Å². The van der Waals surface area contributed by atoms with Crippen molar-refractivity contribution < 1.29 is 4.79 Å². The lowest BCUT2D eigenvalue weighted by Crippen LogP contribution is -2.31. The Kier molecular flexibility index (Phi) is 5.80. The maximum Gasteiger partial charge on any atom is 0.276 e. The van der Waals surface area contributed by atoms with Crippen molar-refractivity contribution in [2.75, 3.05) is 19.0 Å². The van der Waals surface area contributed by atoms with Gasteiger partial charge in [-0.1, -0.05) is 23.7 Å². The smallest absolute Gasteiger partial charge is 0.276 e. The molecule has 1 aromatic heterocycles. The van der Waals surface area contributed by atoms with Crippen LogP contribution < -0.4 is 15.6 Å². The van der Waals surface area contributed by atoms with E-state index in [2.05, 4.69) is 10.4 Å². The summed E-state index contributed by atoms with van der Waals surface area (Å²) in [7, 11) is 3.93. The van der Waals surface area contributed by atoms with Crippen LogP contribution in [0.25, 0.3) is 5.69 Å². The zero-order valence-electron chi connectivity index (χ0n) is 15.9. The van der Waals surface area contributed by atoms with Crippen molar-refractivity contribution >= 4 is 23.2 Å². The molecule has 0 saturated carbocycles. The molecular weight excluding hydrogens is 376 g/mol. The molecule has 0 bridgehead atoms. The molecule has 1 amide bonds. The Morgan fingerprint density at radius 1 is 1.11 bits per heavy atom. The van der Waals surface area contributed by atoms with Gasteiger partial charge in [-0.2, -0.15) is 5.10 Å². The normalized spacial score (nSPS) is 10.6. The highest BCUT2D eigenvalue weighted by Gasteiger charge is 2.15. The Morgan fingerprint density at radius 3 is 2.36 bits per heavy atom. The molecule has 3 rings (SSSR count). The molecule has 1 heterocycles. The first-order chi connectivity index (χ1) is 13.3. The fourth-order valence-electron chi connectivity index (χ4n) is 2.73. The van der Waals surface area contributed by atoms with E-state index in [0.717, 1.165) is 16.9 Å². The summed E-state index contributed by atoms with van der Waals surface area (Å²) < 4.78 is 1.55. The van der Waals surface area contributed by atoms with Crippen molar-refractivity contribution in [2.45, 2.75) is 13.5 Å². The number of anilines is 1. The van der Waals surface area contributed by atoms with Crippen molar-refractivity contribution in [1.29, 1.82) is 0 Å². The molecule has 0 aliphatic heterocycles. The Hall–Kier alpha value is -3.12. The Bertz CT molecular complexity index is 1040. The number of benzene rings is 2. The van der Waals surface area contributed by atoms with E-state index in [-0.39, 0.29) is 5.69 Å². The number of aromatic nitrogens is 2. The van der Waals surface area contributed by atoms with Crippen molar-refractivity contribution in [3.8, 4) is 5.69 Å². The summed E-state index contributed by atoms with van der Waals surface area (Å²) in [5.74, 6) is -0.510. The van der Waals surface area contributed by atoms with Gasteiger partial charge in [-0.05, 0) is 48.9 Å². The molecule has 3 aromatic rings. The van der Waals surface area contributed by atoms with Crippen molar-refractivity contribution in [3.63, 3.8) is 0 Å². The predicted molar refractivity (Wildman–Crippen MR) is 112 cm³/mol. The highest BCUT2D eigenvalue weighted by atomic mass is 35.5. The molecule has 7 heteroatoms. The van der Waals surface area contributed by atoms with Crippen LogP contribution in [0.3, 0.4) is 0 Å². The first-order valence-corrected chi connectivity index (χ1v) is 9.14. The number of aryl methyl sites for hydroxylation is 1. The molecule has 0 unspecified atom stereocenters. The zero-order valence-corrected chi connectivity index (χ0v) is 16.7. The van der Waals surface area contributed by atoms with E-state index in [0.29, 0.717) is 17.3 Å². The van der Waals surface area contributed by atoms with Gasteiger partial charge in [0, 0.05) is 43.1 Å². The lowest BCUT2D eigenvalue weighted by molar-refractivity contribution is 0.0943. The number of hydrogen-bond acceptors (Lipinski definition) is 4. The van der Waals surface area contributed by atoms with Gasteiger partial charge < -0.3 is 10.2 Å². The largest absolute Gasteiger partial charge is 0.378 e. The molecule has 28 heavy (non-hydrogen) atoms. The Balaban J connectivity index is 1.80. The highest BCUT2D eigenvalue weighted by molar-refractivity contribution is 6.30. The Labute approximate surface area is 168 Å². The van der Waals surface area contributed by atoms with Gasteiger partial charge in [0.15, 0.2) is 5.69 Å². The lowest BCUT2D eigenvalue weighted by Gasteiger charge is -2.13. The molecule has 1 N–H and O–H groups in total. The van der Waals surface area contributed by atoms with Gasteiger partial charge in [0.25, 0.3) is 5.91 Å². The SMILES string of the molecule is Cc1cc(=O)c(C(=O)NCc2ccc(N(C)C)cc2)nn1-c1ccc(Cl)cc1. The van der Waals surface area contributed by atoms with Gasteiger partial charge in [-0.15, -0.1) is 0 Å². The zero-order chi connectivity index (χ0) is 20.3. The van der Waals surface area contributed by atoms with Crippen LogP contribution in [0.5, 0.6) is 0 Å². The van der Waals surface area contributed by atoms with Crippen LogP contribution in [-0.2, 0) is 6.54 Å². The number of carbonyl (C=O) groups excluding carboxylic acids is 1. The van der Waals surface area contributed by atoms with Crippen LogP contribution in [0.2, 0.25) is 5.02 Å². The third kappa shape index (κ3) is 4.40. The summed E-state index contributed by atoms with van der Waals surface area (Å²) in [6.45, 7) is 2.07. The quantitative estimate of drug-likeness (QED) is 0.719. The van der Waals surface area contributed by atoms with Gasteiger partial charge in [0.1, 0.15) is 0 Å². The maximum absolute atomic E-state index is 12.5. The summed E-state index contributed by atoms with van der Waals surface area (Å²) in [5, 5.41) is 7.62. The topological polar surface area (TPSA) is 67.2 Å². The first kappa shape index (κ1) is 19.6. The third-order valence-electron chi connectivity index (χ3n) is 4.30. The molecule has 144 valence electrons. The monoisotopic (exact) mass is 396 g/mol. The summed E-state index contributed by atoms with van der Waals surface area (Å²) in [4.78, 5) is 26.8. The maximum atomic E-state index is 12.5. The minimum absolute atomic E-state index is 0.148. The van der Waals surface area contributed by atoms with Crippen LogP contribution in [-0.4, -0.2) is 29.8 Å². The lowest BCUT2D eigenvalue weighted by atomic mass is 10.2. The molecule has 0 aliphatic rings. The number of amides is 1. The molecule has 0 atom stereocenters. The van der Waals surface area contributed by atoms with Crippen molar-refractivity contribution in [1.82, 2.24) is 15.1 Å². The van der Waals surface area contributed by atoms with E-state index in [1.54, 1.807) is 35.9 Å². The summed E-state index contributed by atoms with van der Waals surface area (Å²) in [6, 6.07) is 16.2. The van der Waals surface area contributed by atoms with Gasteiger partial charge >= 0.3 is 0 Å². The van der Waals surface area contributed by atoms with Crippen LogP contribution >= 0.6 is 11.6 Å². The molecular formula is C21H21ClN4O2. The van der Waals surface area contributed by atoms with Crippen molar-refractivity contribution in [3.05, 3.63) is 86.8 Å². The standard InChI is InChI=1S/C21H21ClN4O2/c1-14-12-19(27)20(24-26(14)18-10-6-16(22)7-11-18)21(28)23-13-15-4-8-17(9-5-15)25(2)3/h4-12H,13H2,1-3H3,(H,23,28). The summed E-state index contributed by atoms with van der Waals surface area (Å²) in [6.07, 6.45) is 0. The Morgan fingerprint density at radius 2 is 1.75 bits per heavy atom. The van der Waals surface area contributed by atoms with Crippen LogP contribution in [0, 0.1) is 6.92 Å². The number of nitrogens with zero attached hydrogens (tertiary/aromatic N) is 3. The summed E-state index contributed by atoms with van der Waals surface area (Å²) in [5.41, 5.74) is 2.79. The first-order valence-electron chi connectivity index (χ1n) is 8.76. The third-order valence-corrected chi connectivity index (χ3v) is 4.55. The number of carbonyl (C=O) groups is 1. The minimum atomic E-state index is -0.510. The average molecular weight is 397 g/mol. The van der Waals surface area contributed by atoms with E-state index in [1.807, 2.05) is 43.3 Å². The van der Waals surface area contributed by atoms with Gasteiger partial charge in [0.05, 0.1) is 5.69 Å². The molecule has 0 radical (unpaired) electrons. The second-order valence-corrected chi connectivity index (χ2v) is 7.07. The average Bonchev–Trinajstić information content (AvgIpc) is 2.67. The van der Waals surface area contributed by atoms with Crippen LogP contribution in [0.1, 0.15) is 21.7 Å². The fraction of sp³-hybridized carbons (Fsp3) is 0.190. The number of halogens is 1. The highest BCUT2D eigenvalue weighted by Crippen LogP contribution is 2.14. The van der Waals surface area contributed by atoms with Crippen LogP contribution in [0.15, 0.2) is 59.4 Å². The molecule has 2 aromatic carbocycles. The summed E-state index contributed by atoms with van der Waals surface area (Å²) >= 11 is 5.93. The van der Waals surface area contributed by atoms with E-state index in [9.17, 15) is 9.59 Å². The number of nitrogens with one attached hydrogen (secondary N) is 1. The molecule has 6 nitrogen and oxygen atoms in total. The van der Waals surface area contributed by atoms with Gasteiger partial charge in [-0.3, -0.25) is 9.59 Å². The molecule has 0 spiro atoms. The second kappa shape index (κ2) is 8.27. The second-order valence-electron chi connectivity index (χ2n) is 6.63. The predicted octanol–water partition coefficient (Wildman–Crippen LogP) is 3.19. The van der Waals surface area contributed by atoms with E-state index in [4.69, 9.17) is 11.6 Å². The van der Waals surface area contributed by atoms with Gasteiger partial charge in [-0.25, -0.2) is 4.68 Å². The molecule has 0 aliphatic carbocycles. The molecule has 0 fully saturated rings. The van der Waals surface area contributed by atoms with E-state index >= 15 is 0 Å². The minimum Gasteiger partial charge on any atom is -0.378 e. The van der Waals surface area contributed by atoms with E-state index in [1.165, 1.54) is 6.07 Å². The van der Waals surface area contributed by atoms with Gasteiger partial charge in [0.2, 0.25) is 5.43 Å². The number of hydrogen-bond donors (Lipinski definition) is 1.